The molecule has 0 spiro atoms. The largest absolute Gasteiger partial charge is 0.365 e. The van der Waals surface area contributed by atoms with Crippen LogP contribution in [0.4, 0.5) is 5.69 Å². The molecule has 1 aromatic heterocycles. The average molecular weight is 479 g/mol. The van der Waals surface area contributed by atoms with E-state index in [1.54, 1.807) is 23.2 Å². The molecule has 0 N–H and O–H groups in total. The Morgan fingerprint density at radius 2 is 1.62 bits per heavy atom. The Morgan fingerprint density at radius 1 is 0.941 bits per heavy atom. The molecule has 8 heteroatoms. The molecule has 1 saturated heterocycles. The Hall–Kier alpha value is -3.45. The second-order valence-corrected chi connectivity index (χ2v) is 8.62. The number of halogens is 1. The first kappa shape index (κ1) is 23.7. The summed E-state index contributed by atoms with van der Waals surface area (Å²) in [7, 11) is 0. The monoisotopic (exact) mass is 478 g/mol. The molecule has 176 valence electrons. The van der Waals surface area contributed by atoms with Crippen molar-refractivity contribution in [1.82, 2.24) is 14.7 Å². The number of amides is 1. The lowest BCUT2D eigenvalue weighted by Crippen LogP contribution is -2.49. The summed E-state index contributed by atoms with van der Waals surface area (Å²) < 4.78 is 1.28. The molecule has 0 bridgehead atoms. The number of aromatic nitrogens is 2. The Bertz CT molecular complexity index is 1220. The summed E-state index contributed by atoms with van der Waals surface area (Å²) in [5.74, 6) is -0.0617. The smallest absolute Gasteiger partial charge is 0.292 e. The van der Waals surface area contributed by atoms with Crippen LogP contribution in [0.2, 0.25) is 5.02 Å². The number of anilines is 1. The number of aryl methyl sites for hydroxylation is 1. The molecule has 0 atom stereocenters. The third-order valence-electron chi connectivity index (χ3n) is 6.12. The van der Waals surface area contributed by atoms with E-state index in [1.807, 2.05) is 47.4 Å². The van der Waals surface area contributed by atoms with Crippen molar-refractivity contribution in [1.29, 1.82) is 0 Å². The van der Waals surface area contributed by atoms with E-state index in [4.69, 9.17) is 11.6 Å². The summed E-state index contributed by atoms with van der Waals surface area (Å²) in [5.41, 5.74) is 2.65. The van der Waals surface area contributed by atoms with E-state index in [2.05, 4.69) is 12.0 Å². The molecule has 1 aliphatic rings. The Kier molecular flexibility index (Phi) is 7.43. The summed E-state index contributed by atoms with van der Waals surface area (Å²) in [4.78, 5) is 41.6. The van der Waals surface area contributed by atoms with Gasteiger partial charge in [-0.05, 0) is 24.1 Å². The average Bonchev–Trinajstić information content (AvgIpc) is 2.89. The number of hydrogen-bond donors (Lipinski definition) is 0. The van der Waals surface area contributed by atoms with Crippen LogP contribution in [0.5, 0.6) is 0 Å². The van der Waals surface area contributed by atoms with Crippen LogP contribution < -0.4 is 10.5 Å². The summed E-state index contributed by atoms with van der Waals surface area (Å²) in [6.45, 7) is 4.13. The number of ketones is 1. The zero-order chi connectivity index (χ0) is 24.1. The van der Waals surface area contributed by atoms with Gasteiger partial charge < -0.3 is 9.80 Å². The summed E-state index contributed by atoms with van der Waals surface area (Å²) >= 11 is 6.41. The highest BCUT2D eigenvalue weighted by atomic mass is 35.5. The highest BCUT2D eigenvalue weighted by Gasteiger charge is 2.24. The number of carbonyl (C=O) groups is 2. The molecule has 0 saturated carbocycles. The van der Waals surface area contributed by atoms with E-state index >= 15 is 0 Å². The SMILES string of the molecule is CCc1ccc(C(=O)CCC(=O)N2CCN(c3cnn(-c4ccccc4)c(=O)c3Cl)CC2)cc1. The van der Waals surface area contributed by atoms with Crippen molar-refractivity contribution in [2.24, 2.45) is 0 Å². The molecular weight excluding hydrogens is 452 g/mol. The Balaban J connectivity index is 1.33. The molecule has 0 radical (unpaired) electrons. The van der Waals surface area contributed by atoms with Gasteiger partial charge in [-0.25, -0.2) is 0 Å². The summed E-state index contributed by atoms with van der Waals surface area (Å²) in [5, 5.41) is 4.40. The van der Waals surface area contributed by atoms with E-state index in [0.717, 1.165) is 6.42 Å². The van der Waals surface area contributed by atoms with Crippen LogP contribution in [0.15, 0.2) is 65.6 Å². The van der Waals surface area contributed by atoms with Gasteiger partial charge >= 0.3 is 0 Å². The maximum atomic E-state index is 12.8. The molecule has 1 aliphatic heterocycles. The second kappa shape index (κ2) is 10.7. The van der Waals surface area contributed by atoms with Gasteiger partial charge in [-0.15, -0.1) is 0 Å². The Labute approximate surface area is 203 Å². The minimum atomic E-state index is -0.380. The molecule has 1 fully saturated rings. The number of para-hydroxylation sites is 1. The fourth-order valence-electron chi connectivity index (χ4n) is 4.04. The fourth-order valence-corrected chi connectivity index (χ4v) is 4.29. The predicted molar refractivity (Wildman–Crippen MR) is 133 cm³/mol. The van der Waals surface area contributed by atoms with Crippen molar-refractivity contribution in [3.05, 3.63) is 87.3 Å². The summed E-state index contributed by atoms with van der Waals surface area (Å²) in [6, 6.07) is 16.7. The number of benzene rings is 2. The number of nitrogens with zero attached hydrogens (tertiary/aromatic N) is 4. The van der Waals surface area contributed by atoms with Gasteiger partial charge in [0.25, 0.3) is 5.56 Å². The minimum absolute atomic E-state index is 0.0218. The number of rotatable bonds is 7. The lowest BCUT2D eigenvalue weighted by Gasteiger charge is -2.36. The molecule has 0 unspecified atom stereocenters. The van der Waals surface area contributed by atoms with Crippen LogP contribution >= 0.6 is 11.6 Å². The molecule has 34 heavy (non-hydrogen) atoms. The van der Waals surface area contributed by atoms with Crippen molar-refractivity contribution in [3.63, 3.8) is 0 Å². The lowest BCUT2D eigenvalue weighted by atomic mass is 10.0. The molecule has 0 aliphatic carbocycles. The Morgan fingerprint density at radius 3 is 2.26 bits per heavy atom. The third kappa shape index (κ3) is 5.20. The first-order valence-corrected chi connectivity index (χ1v) is 11.8. The van der Waals surface area contributed by atoms with E-state index in [-0.39, 0.29) is 35.1 Å². The maximum absolute atomic E-state index is 12.8. The lowest BCUT2D eigenvalue weighted by molar-refractivity contribution is -0.131. The van der Waals surface area contributed by atoms with Gasteiger partial charge in [-0.2, -0.15) is 9.78 Å². The van der Waals surface area contributed by atoms with Gasteiger partial charge in [0.05, 0.1) is 17.6 Å². The zero-order valence-corrected chi connectivity index (χ0v) is 19.9. The quantitative estimate of drug-likeness (QED) is 0.483. The van der Waals surface area contributed by atoms with Gasteiger partial charge in [-0.3, -0.25) is 14.4 Å². The molecule has 4 rings (SSSR count). The fraction of sp³-hybridized carbons (Fsp3) is 0.308. The number of Topliss-reactive ketones (excluding diaryl/α,β-unsaturated/α-hetero) is 1. The third-order valence-corrected chi connectivity index (χ3v) is 6.48. The van der Waals surface area contributed by atoms with Gasteiger partial charge in [0.2, 0.25) is 5.91 Å². The predicted octanol–water partition coefficient (Wildman–Crippen LogP) is 3.76. The number of hydrogen-bond acceptors (Lipinski definition) is 5. The number of piperazine rings is 1. The van der Waals surface area contributed by atoms with E-state index in [0.29, 0.717) is 43.1 Å². The van der Waals surface area contributed by atoms with Crippen molar-refractivity contribution >= 4 is 29.0 Å². The first-order valence-electron chi connectivity index (χ1n) is 11.5. The van der Waals surface area contributed by atoms with Gasteiger partial charge in [0.15, 0.2) is 5.78 Å². The van der Waals surface area contributed by atoms with Crippen LogP contribution in [0.25, 0.3) is 5.69 Å². The van der Waals surface area contributed by atoms with E-state index in [1.165, 1.54) is 10.2 Å². The standard InChI is InChI=1S/C26H27ClN4O3/c1-2-19-8-10-20(11-9-19)23(32)12-13-24(33)30-16-14-29(15-17-30)22-18-28-31(26(34)25(22)27)21-6-4-3-5-7-21/h3-11,18H,2,12-17H2,1H3. The van der Waals surface area contributed by atoms with Crippen molar-refractivity contribution in [2.75, 3.05) is 31.1 Å². The summed E-state index contributed by atoms with van der Waals surface area (Å²) in [6.07, 6.45) is 2.89. The first-order chi connectivity index (χ1) is 16.5. The number of carbonyl (C=O) groups excluding carboxylic acids is 2. The second-order valence-electron chi connectivity index (χ2n) is 8.24. The van der Waals surface area contributed by atoms with Crippen LogP contribution in [0.3, 0.4) is 0 Å². The normalized spacial score (nSPS) is 13.7. The molecule has 3 aromatic rings. The minimum Gasteiger partial charge on any atom is -0.365 e. The van der Waals surface area contributed by atoms with Crippen LogP contribution in [-0.2, 0) is 11.2 Å². The van der Waals surface area contributed by atoms with Crippen LogP contribution in [0, 0.1) is 0 Å². The van der Waals surface area contributed by atoms with E-state index < -0.39 is 0 Å². The van der Waals surface area contributed by atoms with Crippen LogP contribution in [-0.4, -0.2) is 52.5 Å². The zero-order valence-electron chi connectivity index (χ0n) is 19.1. The van der Waals surface area contributed by atoms with Crippen molar-refractivity contribution in [3.8, 4) is 5.69 Å². The maximum Gasteiger partial charge on any atom is 0.292 e. The van der Waals surface area contributed by atoms with Crippen molar-refractivity contribution in [2.45, 2.75) is 26.2 Å². The topological polar surface area (TPSA) is 75.5 Å². The van der Waals surface area contributed by atoms with Gasteiger partial charge in [-0.1, -0.05) is 61.0 Å². The molecule has 2 heterocycles. The van der Waals surface area contributed by atoms with Crippen LogP contribution in [0.1, 0.15) is 35.7 Å². The van der Waals surface area contributed by atoms with Crippen molar-refractivity contribution < 1.29 is 9.59 Å². The highest BCUT2D eigenvalue weighted by Crippen LogP contribution is 2.23. The molecule has 2 aromatic carbocycles. The molecule has 1 amide bonds. The molecule has 7 nitrogen and oxygen atoms in total. The van der Waals surface area contributed by atoms with Gasteiger partial charge in [0.1, 0.15) is 5.02 Å². The van der Waals surface area contributed by atoms with E-state index in [9.17, 15) is 14.4 Å². The molecular formula is C26H27ClN4O3. The highest BCUT2D eigenvalue weighted by molar-refractivity contribution is 6.33. The van der Waals surface area contributed by atoms with Gasteiger partial charge in [0, 0.05) is 44.6 Å².